The SMILES string of the molecule is COc1ccc(-c2nc3sc(C)c(C)n3c2CN)cc1. The van der Waals surface area contributed by atoms with Crippen LogP contribution in [0.25, 0.3) is 16.2 Å². The first-order valence-electron chi connectivity index (χ1n) is 6.47. The van der Waals surface area contributed by atoms with E-state index in [0.717, 1.165) is 27.7 Å². The van der Waals surface area contributed by atoms with Crippen molar-refractivity contribution >= 4 is 16.3 Å². The molecular weight excluding hydrogens is 270 g/mol. The molecule has 0 aliphatic heterocycles. The van der Waals surface area contributed by atoms with Crippen LogP contribution in [0.15, 0.2) is 24.3 Å². The van der Waals surface area contributed by atoms with Crippen molar-refractivity contribution in [2.45, 2.75) is 20.4 Å². The number of methoxy groups -OCH3 is 1. The van der Waals surface area contributed by atoms with Crippen LogP contribution in [0.4, 0.5) is 0 Å². The molecule has 0 amide bonds. The smallest absolute Gasteiger partial charge is 0.194 e. The summed E-state index contributed by atoms with van der Waals surface area (Å²) in [5, 5.41) is 0. The molecular formula is C15H17N3OS. The van der Waals surface area contributed by atoms with Crippen molar-refractivity contribution < 1.29 is 4.74 Å². The zero-order valence-electron chi connectivity index (χ0n) is 11.8. The Labute approximate surface area is 121 Å². The fourth-order valence-corrected chi connectivity index (χ4v) is 3.37. The lowest BCUT2D eigenvalue weighted by Crippen LogP contribution is -2.03. The van der Waals surface area contributed by atoms with Gasteiger partial charge in [-0.2, -0.15) is 0 Å². The Morgan fingerprint density at radius 3 is 2.55 bits per heavy atom. The third-order valence-electron chi connectivity index (χ3n) is 3.59. The summed E-state index contributed by atoms with van der Waals surface area (Å²) < 4.78 is 7.36. The molecule has 2 N–H and O–H groups in total. The van der Waals surface area contributed by atoms with E-state index >= 15 is 0 Å². The second-order valence-electron chi connectivity index (χ2n) is 4.70. The van der Waals surface area contributed by atoms with Gasteiger partial charge in [0.1, 0.15) is 5.75 Å². The van der Waals surface area contributed by atoms with E-state index in [0.29, 0.717) is 6.54 Å². The third kappa shape index (κ3) is 1.90. The number of aromatic nitrogens is 2. The number of nitrogens with zero attached hydrogens (tertiary/aromatic N) is 2. The molecule has 1 aromatic carbocycles. The molecule has 4 nitrogen and oxygen atoms in total. The fourth-order valence-electron chi connectivity index (χ4n) is 2.38. The highest BCUT2D eigenvalue weighted by molar-refractivity contribution is 7.17. The Hall–Kier alpha value is -1.85. The van der Waals surface area contributed by atoms with Gasteiger partial charge in [-0.05, 0) is 38.1 Å². The highest BCUT2D eigenvalue weighted by atomic mass is 32.1. The number of imidazole rings is 1. The summed E-state index contributed by atoms with van der Waals surface area (Å²) in [6.45, 7) is 4.69. The molecule has 0 unspecified atom stereocenters. The molecule has 0 aliphatic rings. The van der Waals surface area contributed by atoms with Crippen LogP contribution < -0.4 is 10.5 Å². The Balaban J connectivity index is 2.19. The Morgan fingerprint density at radius 2 is 1.95 bits per heavy atom. The van der Waals surface area contributed by atoms with E-state index in [9.17, 15) is 0 Å². The first-order chi connectivity index (χ1) is 9.65. The predicted octanol–water partition coefficient (Wildman–Crippen LogP) is 3.15. The standard InChI is InChI=1S/C15H17N3OS/c1-9-10(2)20-15-17-14(13(8-16)18(9)15)11-4-6-12(19-3)7-5-11/h4-7H,8,16H2,1-3H3. The molecule has 0 bridgehead atoms. The topological polar surface area (TPSA) is 52.5 Å². The van der Waals surface area contributed by atoms with Crippen molar-refractivity contribution in [2.24, 2.45) is 5.73 Å². The molecule has 0 spiro atoms. The number of hydrogen-bond acceptors (Lipinski definition) is 4. The molecule has 0 saturated heterocycles. The molecule has 104 valence electrons. The molecule has 20 heavy (non-hydrogen) atoms. The van der Waals surface area contributed by atoms with Crippen LogP contribution in [0.5, 0.6) is 5.75 Å². The molecule has 2 aromatic heterocycles. The van der Waals surface area contributed by atoms with Gasteiger partial charge in [-0.3, -0.25) is 4.40 Å². The molecule has 0 fully saturated rings. The maximum absolute atomic E-state index is 5.95. The summed E-state index contributed by atoms with van der Waals surface area (Å²) in [5.74, 6) is 0.844. The van der Waals surface area contributed by atoms with E-state index in [1.54, 1.807) is 18.4 Å². The predicted molar refractivity (Wildman–Crippen MR) is 82.4 cm³/mol. The molecule has 5 heteroatoms. The van der Waals surface area contributed by atoms with Crippen LogP contribution in [-0.4, -0.2) is 16.5 Å². The summed E-state index contributed by atoms with van der Waals surface area (Å²) >= 11 is 1.70. The van der Waals surface area contributed by atoms with Crippen LogP contribution in [0.2, 0.25) is 0 Å². The first-order valence-corrected chi connectivity index (χ1v) is 7.29. The number of aryl methyl sites for hydroxylation is 2. The maximum atomic E-state index is 5.95. The fraction of sp³-hybridized carbons (Fsp3) is 0.267. The normalized spacial score (nSPS) is 11.2. The van der Waals surface area contributed by atoms with Gasteiger partial charge in [-0.15, -0.1) is 11.3 Å². The lowest BCUT2D eigenvalue weighted by atomic mass is 10.1. The van der Waals surface area contributed by atoms with Crippen molar-refractivity contribution in [1.29, 1.82) is 0 Å². The molecule has 0 saturated carbocycles. The number of ether oxygens (including phenoxy) is 1. The monoisotopic (exact) mass is 287 g/mol. The zero-order chi connectivity index (χ0) is 14.3. The number of fused-ring (bicyclic) bond motifs is 1. The van der Waals surface area contributed by atoms with E-state index in [1.165, 1.54) is 10.6 Å². The van der Waals surface area contributed by atoms with Crippen LogP contribution in [0.1, 0.15) is 16.3 Å². The van der Waals surface area contributed by atoms with Crippen LogP contribution in [0, 0.1) is 13.8 Å². The van der Waals surface area contributed by atoms with E-state index in [2.05, 4.69) is 18.2 Å². The molecule has 2 heterocycles. The number of benzene rings is 1. The summed E-state index contributed by atoms with van der Waals surface area (Å²) in [4.78, 5) is 7.04. The van der Waals surface area contributed by atoms with Crippen LogP contribution in [0.3, 0.4) is 0 Å². The average Bonchev–Trinajstić information content (AvgIpc) is 2.96. The lowest BCUT2D eigenvalue weighted by Gasteiger charge is -2.04. The minimum absolute atomic E-state index is 0.472. The molecule has 3 rings (SSSR count). The van der Waals surface area contributed by atoms with E-state index in [4.69, 9.17) is 15.5 Å². The Kier molecular flexibility index (Phi) is 3.23. The average molecular weight is 287 g/mol. The van der Waals surface area contributed by atoms with Crippen molar-refractivity contribution in [3.05, 3.63) is 40.5 Å². The van der Waals surface area contributed by atoms with Gasteiger partial charge in [0.05, 0.1) is 18.5 Å². The second-order valence-corrected chi connectivity index (χ2v) is 5.88. The Morgan fingerprint density at radius 1 is 1.25 bits per heavy atom. The van der Waals surface area contributed by atoms with Crippen molar-refractivity contribution in [3.63, 3.8) is 0 Å². The van der Waals surface area contributed by atoms with Crippen molar-refractivity contribution in [1.82, 2.24) is 9.38 Å². The third-order valence-corrected chi connectivity index (χ3v) is 4.65. The van der Waals surface area contributed by atoms with Gasteiger partial charge < -0.3 is 10.5 Å². The van der Waals surface area contributed by atoms with Gasteiger partial charge in [0.2, 0.25) is 0 Å². The quantitative estimate of drug-likeness (QED) is 0.805. The summed E-state index contributed by atoms with van der Waals surface area (Å²) in [7, 11) is 1.67. The largest absolute Gasteiger partial charge is 0.497 e. The highest BCUT2D eigenvalue weighted by Gasteiger charge is 2.17. The first kappa shape index (κ1) is 13.1. The number of hydrogen-bond donors (Lipinski definition) is 1. The zero-order valence-corrected chi connectivity index (χ0v) is 12.6. The van der Waals surface area contributed by atoms with Gasteiger partial charge in [-0.1, -0.05) is 0 Å². The summed E-state index contributed by atoms with van der Waals surface area (Å²) in [6.07, 6.45) is 0. The Bertz CT molecular complexity index is 756. The lowest BCUT2D eigenvalue weighted by molar-refractivity contribution is 0.415. The van der Waals surface area contributed by atoms with Crippen LogP contribution in [-0.2, 0) is 6.54 Å². The minimum atomic E-state index is 0.472. The van der Waals surface area contributed by atoms with Gasteiger partial charge in [0.25, 0.3) is 0 Å². The second kappa shape index (κ2) is 4.92. The molecule has 3 aromatic rings. The number of thiazole rings is 1. The van der Waals surface area contributed by atoms with E-state index < -0.39 is 0 Å². The summed E-state index contributed by atoms with van der Waals surface area (Å²) in [6, 6.07) is 7.93. The molecule has 0 atom stereocenters. The maximum Gasteiger partial charge on any atom is 0.194 e. The van der Waals surface area contributed by atoms with Gasteiger partial charge >= 0.3 is 0 Å². The molecule has 0 radical (unpaired) electrons. The van der Waals surface area contributed by atoms with Gasteiger partial charge in [0, 0.05) is 22.7 Å². The van der Waals surface area contributed by atoms with Gasteiger partial charge in [-0.25, -0.2) is 4.98 Å². The van der Waals surface area contributed by atoms with Crippen molar-refractivity contribution in [2.75, 3.05) is 7.11 Å². The number of rotatable bonds is 3. The summed E-state index contributed by atoms with van der Waals surface area (Å²) in [5.41, 5.74) is 10.3. The van der Waals surface area contributed by atoms with E-state index in [-0.39, 0.29) is 0 Å². The van der Waals surface area contributed by atoms with Crippen LogP contribution >= 0.6 is 11.3 Å². The van der Waals surface area contributed by atoms with Gasteiger partial charge in [0.15, 0.2) is 4.96 Å². The van der Waals surface area contributed by atoms with E-state index in [1.807, 2.05) is 24.3 Å². The minimum Gasteiger partial charge on any atom is -0.497 e. The highest BCUT2D eigenvalue weighted by Crippen LogP contribution is 2.31. The van der Waals surface area contributed by atoms with Crippen molar-refractivity contribution in [3.8, 4) is 17.0 Å². The molecule has 0 aliphatic carbocycles. The number of nitrogens with two attached hydrogens (primary N) is 1.